The Morgan fingerprint density at radius 3 is 2.00 bits per heavy atom. The molecule has 0 radical (unpaired) electrons. The average Bonchev–Trinajstić information content (AvgIpc) is 2.77. The van der Waals surface area contributed by atoms with Gasteiger partial charge in [0.05, 0.1) is 0 Å². The van der Waals surface area contributed by atoms with Crippen molar-refractivity contribution >= 4 is 35.2 Å². The van der Waals surface area contributed by atoms with Gasteiger partial charge in [-0.3, -0.25) is 0 Å². The van der Waals surface area contributed by atoms with Crippen LogP contribution >= 0.6 is 0 Å². The molecule has 7 heteroatoms. The number of hydrogen-bond donors (Lipinski definition) is 0. The number of halogens is 1. The van der Waals surface area contributed by atoms with Crippen LogP contribution < -0.4 is 23.1 Å². The topological polar surface area (TPSA) is 95.2 Å². The largest absolute Gasteiger partial charge is 0.222 e. The van der Waals surface area contributed by atoms with Crippen molar-refractivity contribution in [3.8, 4) is 0 Å². The Bertz CT molecular complexity index is 1130. The molecule has 0 spiro atoms. The molecule has 1 aliphatic heterocycles. The quantitative estimate of drug-likeness (QED) is 0.397. The van der Waals surface area contributed by atoms with E-state index in [4.69, 9.17) is 18.6 Å². The zero-order valence-corrected chi connectivity index (χ0v) is 20.1. The van der Waals surface area contributed by atoms with Gasteiger partial charge in [-0.25, -0.2) is 18.6 Å². The van der Waals surface area contributed by atoms with E-state index in [-0.39, 0.29) is 0 Å². The molecule has 5 nitrogen and oxygen atoms in total. The van der Waals surface area contributed by atoms with Crippen molar-refractivity contribution < 1.29 is 33.5 Å². The van der Waals surface area contributed by atoms with E-state index in [9.17, 15) is 0 Å². The maximum absolute atomic E-state index is 8.49. The molecule has 0 fully saturated rings. The van der Waals surface area contributed by atoms with Crippen LogP contribution in [-0.2, 0) is 0 Å². The molecule has 164 valence electrons. The minimum Gasteiger partial charge on any atom is -0.222 e. The Hall–Kier alpha value is -2.54. The van der Waals surface area contributed by atoms with Gasteiger partial charge in [-0.15, -0.1) is 10.2 Å². The Labute approximate surface area is 196 Å². The fourth-order valence-electron chi connectivity index (χ4n) is 3.11. The molecular weight excluding hydrogens is 493 g/mol. The molecule has 1 aliphatic carbocycles. The fraction of sp³-hybridized carbons (Fsp3) is 0.0800. The zero-order valence-electron chi connectivity index (χ0n) is 17.6. The third kappa shape index (κ3) is 7.26. The molecule has 0 aromatic heterocycles. The van der Waals surface area contributed by atoms with E-state index in [2.05, 4.69) is 116 Å². The van der Waals surface area contributed by atoms with Crippen LogP contribution in [0.4, 0.5) is 0 Å². The van der Waals surface area contributed by atoms with Crippen molar-refractivity contribution in [2.45, 2.75) is 0 Å². The zero-order chi connectivity index (χ0) is 23.1. The summed E-state index contributed by atoms with van der Waals surface area (Å²) < 4.78 is 39.0. The molecule has 0 amide bonds. The van der Waals surface area contributed by atoms with Gasteiger partial charge >= 0.3 is 168 Å². The number of hydrogen-bond acceptors (Lipinski definition) is 4. The molecule has 2 aromatic rings. The molecule has 32 heavy (non-hydrogen) atoms. The first-order chi connectivity index (χ1) is 15.2. The molecule has 2 aromatic carbocycles. The third-order valence-corrected chi connectivity index (χ3v) is 7.04. The van der Waals surface area contributed by atoms with Crippen LogP contribution in [0.2, 0.25) is 0 Å². The van der Waals surface area contributed by atoms with Crippen LogP contribution in [0, 0.1) is 10.2 Å². The number of allylic oxidation sites excluding steroid dienone is 9. The summed E-state index contributed by atoms with van der Waals surface area (Å²) >= 11 is 0.336. The van der Waals surface area contributed by atoms with Crippen LogP contribution in [0.15, 0.2) is 103 Å². The molecule has 0 atom stereocenters. The van der Waals surface area contributed by atoms with E-state index in [0.29, 0.717) is 15.0 Å². The minimum absolute atomic E-state index is 0.336. The molecule has 4 rings (SSSR count). The van der Waals surface area contributed by atoms with Crippen LogP contribution in [0.5, 0.6) is 0 Å². The molecule has 1 heterocycles. The number of benzene rings is 2. The van der Waals surface area contributed by atoms with E-state index in [1.807, 2.05) is 0 Å². The van der Waals surface area contributed by atoms with Gasteiger partial charge in [0.25, 0.3) is 0 Å². The predicted octanol–water partition coefficient (Wildman–Crippen LogP) is -0.536. The van der Waals surface area contributed by atoms with Crippen molar-refractivity contribution in [1.82, 2.24) is 0 Å². The van der Waals surface area contributed by atoms with E-state index in [1.54, 1.807) is 0 Å². The predicted molar refractivity (Wildman–Crippen MR) is 118 cm³/mol. The number of nitrogens with zero attached hydrogens (tertiary/aromatic N) is 1. The molecular formula is C25H22ClNO4Se. The first kappa shape index (κ1) is 24.1. The van der Waals surface area contributed by atoms with Crippen molar-refractivity contribution in [3.63, 3.8) is 0 Å². The Kier molecular flexibility index (Phi) is 8.18. The summed E-state index contributed by atoms with van der Waals surface area (Å²) in [4.78, 5) is 0. The van der Waals surface area contributed by atoms with E-state index in [0.717, 1.165) is 0 Å². The number of rotatable bonds is 2. The second kappa shape index (κ2) is 10.9. The molecule has 0 unspecified atom stereocenters. The summed E-state index contributed by atoms with van der Waals surface area (Å²) in [7, 11) is -0.811. The average molecular weight is 515 g/mol. The summed E-state index contributed by atoms with van der Waals surface area (Å²) in [5, 5.41) is 0. The van der Waals surface area contributed by atoms with E-state index in [1.165, 1.54) is 36.9 Å². The number of fused-ring (bicyclic) bond motifs is 1. The first-order valence-corrected chi connectivity index (χ1v) is 12.6. The SMILES string of the molecule is C[N+](C)=C1C=CC(=C/C=C2\C=C(c3ccccc3)[Se]c3ccccc32)C=C1.[O-][Cl+3]([O-])([O-])[O-]. The van der Waals surface area contributed by atoms with Gasteiger partial charge in [0.1, 0.15) is 0 Å². The van der Waals surface area contributed by atoms with Gasteiger partial charge in [0.15, 0.2) is 0 Å². The second-order valence-corrected chi connectivity index (χ2v) is 10.2. The van der Waals surface area contributed by atoms with Crippen LogP contribution in [0.1, 0.15) is 11.1 Å². The van der Waals surface area contributed by atoms with Crippen LogP contribution in [0.25, 0.3) is 10.0 Å². The maximum Gasteiger partial charge on any atom is -0.112 e. The molecule has 2 aliphatic rings. The van der Waals surface area contributed by atoms with Gasteiger partial charge in [-0.05, 0) is 0 Å². The normalized spacial score (nSPS) is 16.2. The van der Waals surface area contributed by atoms with Gasteiger partial charge < -0.3 is 0 Å². The van der Waals surface area contributed by atoms with Gasteiger partial charge in [0.2, 0.25) is 0 Å². The Morgan fingerprint density at radius 1 is 0.781 bits per heavy atom. The van der Waals surface area contributed by atoms with Crippen molar-refractivity contribution in [3.05, 3.63) is 114 Å². The van der Waals surface area contributed by atoms with Crippen LogP contribution in [0.3, 0.4) is 0 Å². The monoisotopic (exact) mass is 515 g/mol. The van der Waals surface area contributed by atoms with Gasteiger partial charge in [0, 0.05) is 0 Å². The molecule has 0 saturated heterocycles. The Morgan fingerprint density at radius 2 is 1.38 bits per heavy atom. The van der Waals surface area contributed by atoms with Gasteiger partial charge in [-0.2, -0.15) is 0 Å². The Balaban J connectivity index is 0.000000523. The molecule has 0 saturated carbocycles. The minimum atomic E-state index is -4.94. The van der Waals surface area contributed by atoms with Crippen molar-refractivity contribution in [1.29, 1.82) is 0 Å². The third-order valence-electron chi connectivity index (χ3n) is 4.63. The van der Waals surface area contributed by atoms with Gasteiger partial charge in [-0.1, -0.05) is 0 Å². The first-order valence-electron chi connectivity index (χ1n) is 9.69. The van der Waals surface area contributed by atoms with Crippen LogP contribution in [-0.4, -0.2) is 39.3 Å². The van der Waals surface area contributed by atoms with Crippen molar-refractivity contribution in [2.24, 2.45) is 0 Å². The van der Waals surface area contributed by atoms with Crippen molar-refractivity contribution in [2.75, 3.05) is 14.1 Å². The molecule has 0 N–H and O–H groups in total. The fourth-order valence-corrected chi connectivity index (χ4v) is 5.46. The summed E-state index contributed by atoms with van der Waals surface area (Å²) in [6.07, 6.45) is 15.5. The molecule has 0 bridgehead atoms. The maximum atomic E-state index is 8.49. The van der Waals surface area contributed by atoms with E-state index < -0.39 is 10.2 Å². The van der Waals surface area contributed by atoms with E-state index >= 15 is 0 Å². The smallest absolute Gasteiger partial charge is 0.112 e. The summed E-state index contributed by atoms with van der Waals surface area (Å²) in [6.45, 7) is 0. The summed E-state index contributed by atoms with van der Waals surface area (Å²) in [6, 6.07) is 19.5. The summed E-state index contributed by atoms with van der Waals surface area (Å²) in [5.41, 5.74) is 6.41. The second-order valence-electron chi connectivity index (χ2n) is 7.13. The standard InChI is InChI=1S/C25H22NSe.ClHO4/c1-26(2)22-16-13-19(14-17-22)12-15-21-18-25(20-8-4-3-5-9-20)27-24-11-7-6-10-23(21)24;2-1(3,4)5/h3-18H,1-2H3;(H,2,3,4,5)/q+1;/p-1/b21-15+;. The summed E-state index contributed by atoms with van der Waals surface area (Å²) in [5.74, 6) is 0.